The van der Waals surface area contributed by atoms with E-state index in [0.29, 0.717) is 0 Å². The van der Waals surface area contributed by atoms with Crippen molar-refractivity contribution in [2.75, 3.05) is 19.7 Å². The van der Waals surface area contributed by atoms with Gasteiger partial charge in [0.2, 0.25) is 10.0 Å². The maximum absolute atomic E-state index is 13.2. The third-order valence-electron chi connectivity index (χ3n) is 6.00. The van der Waals surface area contributed by atoms with Gasteiger partial charge in [-0.2, -0.15) is 4.31 Å². The summed E-state index contributed by atoms with van der Waals surface area (Å²) in [5.74, 6) is -1.27. The number of carbonyl (C=O) groups is 2. The van der Waals surface area contributed by atoms with Crippen molar-refractivity contribution in [3.8, 4) is 0 Å². The van der Waals surface area contributed by atoms with Gasteiger partial charge in [-0.05, 0) is 43.2 Å². The van der Waals surface area contributed by atoms with Crippen LogP contribution < -0.4 is 5.32 Å². The zero-order valence-electron chi connectivity index (χ0n) is 20.7. The molecule has 4 rings (SSSR count). The topological polar surface area (TPSA) is 102 Å². The molecule has 0 bridgehead atoms. The van der Waals surface area contributed by atoms with E-state index < -0.39 is 34.5 Å². The number of hydrogen-bond acceptors (Lipinski definition) is 6. The summed E-state index contributed by atoms with van der Waals surface area (Å²) in [5.41, 5.74) is 1.82. The highest BCUT2D eigenvalue weighted by Crippen LogP contribution is 2.23. The lowest BCUT2D eigenvalue weighted by Gasteiger charge is -2.34. The summed E-state index contributed by atoms with van der Waals surface area (Å²) in [6.07, 6.45) is -0.471. The molecular weight excluding hydrogens is 492 g/mol. The van der Waals surface area contributed by atoms with Crippen LogP contribution >= 0.6 is 0 Å². The molecule has 1 amide bonds. The summed E-state index contributed by atoms with van der Waals surface area (Å²) in [6.45, 7) is 3.58. The Labute approximate surface area is 217 Å². The Hall–Kier alpha value is -3.53. The number of nitrogens with zero attached hydrogens (tertiary/aromatic N) is 1. The normalized spacial score (nSPS) is 18.4. The van der Waals surface area contributed by atoms with Crippen LogP contribution in [0.4, 0.5) is 0 Å². The molecule has 8 nitrogen and oxygen atoms in total. The molecule has 1 N–H and O–H groups in total. The number of sulfonamides is 1. The van der Waals surface area contributed by atoms with Gasteiger partial charge in [0, 0.05) is 13.1 Å². The lowest BCUT2D eigenvalue weighted by Crippen LogP contribution is -2.48. The Morgan fingerprint density at radius 2 is 1.49 bits per heavy atom. The Morgan fingerprint density at radius 3 is 2.05 bits per heavy atom. The van der Waals surface area contributed by atoms with Crippen molar-refractivity contribution in [3.05, 3.63) is 102 Å². The van der Waals surface area contributed by atoms with E-state index in [2.05, 4.69) is 5.32 Å². The monoisotopic (exact) mass is 522 g/mol. The van der Waals surface area contributed by atoms with Crippen molar-refractivity contribution in [2.24, 2.45) is 0 Å². The molecule has 2 unspecified atom stereocenters. The van der Waals surface area contributed by atoms with Crippen molar-refractivity contribution in [1.82, 2.24) is 9.62 Å². The van der Waals surface area contributed by atoms with E-state index >= 15 is 0 Å². The third kappa shape index (κ3) is 6.62. The number of esters is 1. The van der Waals surface area contributed by atoms with Gasteiger partial charge in [0.05, 0.1) is 28.7 Å². The molecule has 3 aromatic carbocycles. The molecule has 1 aliphatic heterocycles. The minimum absolute atomic E-state index is 0.0130. The van der Waals surface area contributed by atoms with Gasteiger partial charge in [0.15, 0.2) is 6.61 Å². The van der Waals surface area contributed by atoms with Crippen LogP contribution in [0, 0.1) is 0 Å². The Bertz CT molecular complexity index is 1280. The molecule has 1 heterocycles. The van der Waals surface area contributed by atoms with Crippen LogP contribution in [-0.2, 0) is 24.3 Å². The maximum Gasteiger partial charge on any atom is 0.338 e. The first-order valence-corrected chi connectivity index (χ1v) is 13.5. The number of hydrogen-bond donors (Lipinski definition) is 1. The van der Waals surface area contributed by atoms with Crippen molar-refractivity contribution >= 4 is 21.9 Å². The van der Waals surface area contributed by atoms with Crippen LogP contribution in [-0.4, -0.2) is 56.5 Å². The second-order valence-corrected chi connectivity index (χ2v) is 10.9. The quantitative estimate of drug-likeness (QED) is 0.454. The predicted molar refractivity (Wildman–Crippen MR) is 138 cm³/mol. The van der Waals surface area contributed by atoms with E-state index in [9.17, 15) is 18.0 Å². The fraction of sp³-hybridized carbons (Fsp3) is 0.286. The molecule has 0 saturated carbocycles. The molecule has 0 radical (unpaired) electrons. The third-order valence-corrected chi connectivity index (χ3v) is 7.83. The standard InChI is InChI=1S/C28H30N2O6S/c1-20-17-30(18-21(2)36-20)37(33,34)25-15-9-14-24(16-25)28(32)35-19-26(31)29-27(22-10-5-3-6-11-22)23-12-7-4-8-13-23/h3-16,20-21,27H,17-19H2,1-2H3,(H,29,31). The molecule has 1 saturated heterocycles. The van der Waals surface area contributed by atoms with Gasteiger partial charge in [-0.15, -0.1) is 0 Å². The van der Waals surface area contributed by atoms with Crippen LogP contribution in [0.2, 0.25) is 0 Å². The van der Waals surface area contributed by atoms with E-state index in [-0.39, 0.29) is 35.8 Å². The largest absolute Gasteiger partial charge is 0.452 e. The van der Waals surface area contributed by atoms with E-state index in [1.54, 1.807) is 0 Å². The molecule has 37 heavy (non-hydrogen) atoms. The van der Waals surface area contributed by atoms with Crippen LogP contribution in [0.15, 0.2) is 89.8 Å². The summed E-state index contributed by atoms with van der Waals surface area (Å²) in [4.78, 5) is 25.4. The van der Waals surface area contributed by atoms with Crippen molar-refractivity contribution in [2.45, 2.75) is 37.0 Å². The smallest absolute Gasteiger partial charge is 0.338 e. The van der Waals surface area contributed by atoms with Gasteiger partial charge in [0.25, 0.3) is 5.91 Å². The second kappa shape index (κ2) is 11.7. The van der Waals surface area contributed by atoms with Crippen molar-refractivity contribution in [3.63, 3.8) is 0 Å². The average Bonchev–Trinajstić information content (AvgIpc) is 2.91. The minimum Gasteiger partial charge on any atom is -0.452 e. The number of carbonyl (C=O) groups excluding carboxylic acids is 2. The van der Waals surface area contributed by atoms with Gasteiger partial charge < -0.3 is 14.8 Å². The molecule has 3 aromatic rings. The zero-order chi connectivity index (χ0) is 26.4. The molecule has 0 spiro atoms. The summed E-state index contributed by atoms with van der Waals surface area (Å²) in [6, 6.07) is 24.2. The van der Waals surface area contributed by atoms with Crippen LogP contribution in [0.1, 0.15) is 41.4 Å². The summed E-state index contributed by atoms with van der Waals surface area (Å²) >= 11 is 0. The maximum atomic E-state index is 13.2. The highest BCUT2D eigenvalue weighted by molar-refractivity contribution is 7.89. The Morgan fingerprint density at radius 1 is 0.919 bits per heavy atom. The first kappa shape index (κ1) is 26.5. The molecular formula is C28H30N2O6S. The van der Waals surface area contributed by atoms with E-state index in [4.69, 9.17) is 9.47 Å². The fourth-order valence-electron chi connectivity index (χ4n) is 4.33. The van der Waals surface area contributed by atoms with E-state index in [0.717, 1.165) is 11.1 Å². The number of rotatable bonds is 8. The number of benzene rings is 3. The van der Waals surface area contributed by atoms with Crippen LogP contribution in [0.3, 0.4) is 0 Å². The second-order valence-electron chi connectivity index (χ2n) is 9.01. The highest BCUT2D eigenvalue weighted by atomic mass is 32.2. The summed E-state index contributed by atoms with van der Waals surface area (Å²) in [7, 11) is -3.83. The number of nitrogens with one attached hydrogen (secondary N) is 1. The molecule has 9 heteroatoms. The van der Waals surface area contributed by atoms with Crippen LogP contribution in [0.5, 0.6) is 0 Å². The highest BCUT2D eigenvalue weighted by Gasteiger charge is 2.32. The number of morpholine rings is 1. The molecule has 2 atom stereocenters. The van der Waals surface area contributed by atoms with Crippen molar-refractivity contribution < 1.29 is 27.5 Å². The first-order valence-electron chi connectivity index (χ1n) is 12.1. The number of amides is 1. The lowest BCUT2D eigenvalue weighted by atomic mass is 9.99. The zero-order valence-corrected chi connectivity index (χ0v) is 21.6. The molecule has 0 aliphatic carbocycles. The average molecular weight is 523 g/mol. The summed E-state index contributed by atoms with van der Waals surface area (Å²) < 4.78 is 38.5. The van der Waals surface area contributed by atoms with Gasteiger partial charge in [-0.3, -0.25) is 4.79 Å². The SMILES string of the molecule is CC1CN(S(=O)(=O)c2cccc(C(=O)OCC(=O)NC(c3ccccc3)c3ccccc3)c2)CC(C)O1. The summed E-state index contributed by atoms with van der Waals surface area (Å²) in [5, 5.41) is 2.91. The Balaban J connectivity index is 1.42. The van der Waals surface area contributed by atoms with Gasteiger partial charge in [-0.1, -0.05) is 66.7 Å². The molecule has 1 aliphatic rings. The van der Waals surface area contributed by atoms with E-state index in [1.807, 2.05) is 74.5 Å². The minimum atomic E-state index is -3.83. The predicted octanol–water partition coefficient (Wildman–Crippen LogP) is 3.55. The van der Waals surface area contributed by atoms with Gasteiger partial charge in [0.1, 0.15) is 0 Å². The fourth-order valence-corrected chi connectivity index (χ4v) is 5.96. The molecule has 0 aromatic heterocycles. The molecule has 194 valence electrons. The lowest BCUT2D eigenvalue weighted by molar-refractivity contribution is -0.124. The van der Waals surface area contributed by atoms with Crippen LogP contribution in [0.25, 0.3) is 0 Å². The van der Waals surface area contributed by atoms with E-state index in [1.165, 1.54) is 28.6 Å². The molecule has 1 fully saturated rings. The first-order chi connectivity index (χ1) is 17.7. The van der Waals surface area contributed by atoms with Crippen molar-refractivity contribution in [1.29, 1.82) is 0 Å². The van der Waals surface area contributed by atoms with Gasteiger partial charge >= 0.3 is 5.97 Å². The number of ether oxygens (including phenoxy) is 2. The van der Waals surface area contributed by atoms with Gasteiger partial charge in [-0.25, -0.2) is 13.2 Å². The Kier molecular flexibility index (Phi) is 8.38.